The summed E-state index contributed by atoms with van der Waals surface area (Å²) in [7, 11) is 1.66. The number of rotatable bonds is 3. The molecule has 0 spiro atoms. The lowest BCUT2D eigenvalue weighted by Crippen LogP contribution is -2.11. The van der Waals surface area contributed by atoms with Crippen molar-refractivity contribution in [2.45, 2.75) is 6.04 Å². The van der Waals surface area contributed by atoms with Gasteiger partial charge in [0, 0.05) is 10.4 Å². The Labute approximate surface area is 126 Å². The van der Waals surface area contributed by atoms with Crippen molar-refractivity contribution < 1.29 is 4.74 Å². The summed E-state index contributed by atoms with van der Waals surface area (Å²) in [5.41, 5.74) is 7.50. The highest BCUT2D eigenvalue weighted by Crippen LogP contribution is 2.37. The summed E-state index contributed by atoms with van der Waals surface area (Å²) in [6.45, 7) is 0. The fourth-order valence-corrected chi connectivity index (χ4v) is 3.51. The summed E-state index contributed by atoms with van der Waals surface area (Å²) in [5.74, 6) is 0.835. The zero-order valence-corrected chi connectivity index (χ0v) is 12.5. The normalized spacial score (nSPS) is 12.6. The third-order valence-electron chi connectivity index (χ3n) is 3.40. The average molecular weight is 304 g/mol. The molecule has 1 atom stereocenters. The molecule has 1 heterocycles. The van der Waals surface area contributed by atoms with E-state index in [0.717, 1.165) is 32.0 Å². The summed E-state index contributed by atoms with van der Waals surface area (Å²) < 4.78 is 5.37. The minimum Gasteiger partial charge on any atom is -0.496 e. The van der Waals surface area contributed by atoms with Crippen LogP contribution < -0.4 is 10.5 Å². The molecule has 0 fully saturated rings. The number of methoxy groups -OCH3 is 1. The molecule has 0 bridgehead atoms. The Bertz CT molecular complexity index is 753. The van der Waals surface area contributed by atoms with Crippen molar-refractivity contribution in [1.82, 2.24) is 0 Å². The number of fused-ring (bicyclic) bond motifs is 1. The van der Waals surface area contributed by atoms with Crippen LogP contribution in [0, 0.1) is 0 Å². The molecule has 1 aromatic heterocycles. The molecule has 0 radical (unpaired) electrons. The van der Waals surface area contributed by atoms with Crippen LogP contribution in [-0.2, 0) is 0 Å². The predicted octanol–water partition coefficient (Wildman–Crippen LogP) is 4.61. The SMILES string of the molecule is COc1ccsc1C(N)c1ccc(Cl)c2ccccc12. The van der Waals surface area contributed by atoms with Gasteiger partial charge in [0.2, 0.25) is 0 Å². The van der Waals surface area contributed by atoms with E-state index in [9.17, 15) is 0 Å². The van der Waals surface area contributed by atoms with Gasteiger partial charge in [-0.15, -0.1) is 11.3 Å². The van der Waals surface area contributed by atoms with Crippen LogP contribution in [0.2, 0.25) is 5.02 Å². The van der Waals surface area contributed by atoms with Crippen molar-refractivity contribution in [1.29, 1.82) is 0 Å². The molecule has 0 aliphatic rings. The van der Waals surface area contributed by atoms with Gasteiger partial charge in [-0.05, 0) is 28.5 Å². The molecule has 0 aliphatic carbocycles. The van der Waals surface area contributed by atoms with Crippen LogP contribution in [0.3, 0.4) is 0 Å². The first-order valence-corrected chi connectivity index (χ1v) is 7.52. The fourth-order valence-electron chi connectivity index (χ4n) is 2.40. The van der Waals surface area contributed by atoms with Crippen LogP contribution in [0.1, 0.15) is 16.5 Å². The molecule has 2 N–H and O–H groups in total. The maximum atomic E-state index is 6.44. The molecule has 102 valence electrons. The molecule has 4 heteroatoms. The maximum Gasteiger partial charge on any atom is 0.134 e. The monoisotopic (exact) mass is 303 g/mol. The van der Waals surface area contributed by atoms with Crippen molar-refractivity contribution in [2.24, 2.45) is 5.73 Å². The Morgan fingerprint density at radius 1 is 1.10 bits per heavy atom. The van der Waals surface area contributed by atoms with Gasteiger partial charge in [-0.3, -0.25) is 0 Å². The van der Waals surface area contributed by atoms with Gasteiger partial charge in [0.05, 0.1) is 18.0 Å². The summed E-state index contributed by atoms with van der Waals surface area (Å²) >= 11 is 7.86. The van der Waals surface area contributed by atoms with Gasteiger partial charge in [0.15, 0.2) is 0 Å². The van der Waals surface area contributed by atoms with E-state index >= 15 is 0 Å². The van der Waals surface area contributed by atoms with Crippen molar-refractivity contribution in [2.75, 3.05) is 7.11 Å². The molecule has 0 amide bonds. The average Bonchev–Trinajstić information content (AvgIpc) is 2.96. The number of thiophene rings is 1. The highest BCUT2D eigenvalue weighted by Gasteiger charge is 2.18. The lowest BCUT2D eigenvalue weighted by molar-refractivity contribution is 0.411. The van der Waals surface area contributed by atoms with E-state index < -0.39 is 0 Å². The Balaban J connectivity index is 2.17. The zero-order valence-electron chi connectivity index (χ0n) is 11.0. The Morgan fingerprint density at radius 3 is 2.60 bits per heavy atom. The molecule has 3 aromatic rings. The number of hydrogen-bond donors (Lipinski definition) is 1. The number of halogens is 1. The summed E-state index contributed by atoms with van der Waals surface area (Å²) in [6, 6.07) is 13.7. The third kappa shape index (κ3) is 2.18. The van der Waals surface area contributed by atoms with Crippen LogP contribution in [0.25, 0.3) is 10.8 Å². The number of hydrogen-bond acceptors (Lipinski definition) is 3. The molecule has 0 aliphatic heterocycles. The standard InChI is InChI=1S/C16H14ClNOS/c1-19-14-8-9-20-16(14)15(18)12-6-7-13(17)11-5-3-2-4-10(11)12/h2-9,15H,18H2,1H3. The number of nitrogens with two attached hydrogens (primary N) is 1. The summed E-state index contributed by atoms with van der Waals surface area (Å²) in [6.07, 6.45) is 0. The van der Waals surface area contributed by atoms with E-state index in [0.29, 0.717) is 0 Å². The van der Waals surface area contributed by atoms with Gasteiger partial charge in [-0.2, -0.15) is 0 Å². The van der Waals surface area contributed by atoms with E-state index in [2.05, 4.69) is 6.07 Å². The molecule has 20 heavy (non-hydrogen) atoms. The molecule has 0 saturated heterocycles. The number of benzene rings is 2. The topological polar surface area (TPSA) is 35.2 Å². The second kappa shape index (κ2) is 5.44. The van der Waals surface area contributed by atoms with E-state index in [1.807, 2.05) is 41.8 Å². The van der Waals surface area contributed by atoms with E-state index in [1.54, 1.807) is 18.4 Å². The van der Waals surface area contributed by atoms with Crippen LogP contribution in [0.5, 0.6) is 5.75 Å². The van der Waals surface area contributed by atoms with Gasteiger partial charge < -0.3 is 10.5 Å². The molecule has 2 aromatic carbocycles. The quantitative estimate of drug-likeness (QED) is 0.767. The zero-order chi connectivity index (χ0) is 14.1. The number of ether oxygens (including phenoxy) is 1. The first-order chi connectivity index (χ1) is 9.72. The van der Waals surface area contributed by atoms with Crippen LogP contribution in [0.4, 0.5) is 0 Å². The van der Waals surface area contributed by atoms with Gasteiger partial charge >= 0.3 is 0 Å². The minimum absolute atomic E-state index is 0.216. The van der Waals surface area contributed by atoms with Gasteiger partial charge in [-0.25, -0.2) is 0 Å². The molecule has 1 unspecified atom stereocenters. The van der Waals surface area contributed by atoms with Crippen LogP contribution in [-0.4, -0.2) is 7.11 Å². The first-order valence-electron chi connectivity index (χ1n) is 6.26. The highest BCUT2D eigenvalue weighted by molar-refractivity contribution is 7.10. The highest BCUT2D eigenvalue weighted by atomic mass is 35.5. The Hall–Kier alpha value is -1.55. The first kappa shape index (κ1) is 13.4. The molecule has 3 rings (SSSR count). The predicted molar refractivity (Wildman–Crippen MR) is 85.9 cm³/mol. The van der Waals surface area contributed by atoms with Crippen LogP contribution in [0.15, 0.2) is 47.8 Å². The smallest absolute Gasteiger partial charge is 0.134 e. The molecular formula is C16H14ClNOS. The fraction of sp³-hybridized carbons (Fsp3) is 0.125. The van der Waals surface area contributed by atoms with E-state index in [1.165, 1.54) is 0 Å². The maximum absolute atomic E-state index is 6.44. The van der Waals surface area contributed by atoms with E-state index in [4.69, 9.17) is 22.1 Å². The second-order valence-corrected chi connectivity index (χ2v) is 5.87. The van der Waals surface area contributed by atoms with Gasteiger partial charge in [-0.1, -0.05) is 41.9 Å². The summed E-state index contributed by atoms with van der Waals surface area (Å²) in [5, 5.41) is 4.85. The van der Waals surface area contributed by atoms with Crippen molar-refractivity contribution >= 4 is 33.7 Å². The lowest BCUT2D eigenvalue weighted by Gasteiger charge is -2.15. The van der Waals surface area contributed by atoms with Crippen molar-refractivity contribution in [3.05, 3.63) is 63.3 Å². The second-order valence-electron chi connectivity index (χ2n) is 4.51. The Morgan fingerprint density at radius 2 is 1.85 bits per heavy atom. The minimum atomic E-state index is -0.216. The van der Waals surface area contributed by atoms with Crippen molar-refractivity contribution in [3.63, 3.8) is 0 Å². The molecule has 0 saturated carbocycles. The largest absolute Gasteiger partial charge is 0.496 e. The summed E-state index contributed by atoms with van der Waals surface area (Å²) in [4.78, 5) is 1.03. The molecular weight excluding hydrogens is 290 g/mol. The Kier molecular flexibility index (Phi) is 3.66. The van der Waals surface area contributed by atoms with Gasteiger partial charge in [0.25, 0.3) is 0 Å². The third-order valence-corrected chi connectivity index (χ3v) is 4.71. The van der Waals surface area contributed by atoms with E-state index in [-0.39, 0.29) is 6.04 Å². The van der Waals surface area contributed by atoms with Crippen molar-refractivity contribution in [3.8, 4) is 5.75 Å². The molecule has 2 nitrogen and oxygen atoms in total. The lowest BCUT2D eigenvalue weighted by atomic mass is 9.98. The van der Waals surface area contributed by atoms with Gasteiger partial charge in [0.1, 0.15) is 5.75 Å². The van der Waals surface area contributed by atoms with Crippen LogP contribution >= 0.6 is 22.9 Å².